The minimum atomic E-state index is -0.436. The van der Waals surface area contributed by atoms with Crippen molar-refractivity contribution in [1.82, 2.24) is 15.1 Å². The topological polar surface area (TPSA) is 83.2 Å². The van der Waals surface area contributed by atoms with E-state index in [2.05, 4.69) is 32.4 Å². The van der Waals surface area contributed by atoms with E-state index in [9.17, 15) is 10.1 Å². The first-order valence-electron chi connectivity index (χ1n) is 8.89. The molecule has 1 saturated heterocycles. The number of hydrogen-bond donors (Lipinski definition) is 1. The maximum absolute atomic E-state index is 11.3. The van der Waals surface area contributed by atoms with Gasteiger partial charge < -0.3 is 19.9 Å². The molecule has 1 N–H and O–H groups in total. The van der Waals surface area contributed by atoms with E-state index in [0.29, 0.717) is 12.1 Å². The standard InChI is InChI=1S/C19H21N5O3/c1-27-18-4-2-14(12-17(18)24(25)26)16-6-9-23-13-15(3-5-19(23)21-16)22-10-7-20-8-11-22/h2-6,12-13,20H,7-11H2,1H3. The third-order valence-corrected chi connectivity index (χ3v) is 4.86. The lowest BCUT2D eigenvalue weighted by molar-refractivity contribution is -0.385. The second kappa shape index (κ2) is 7.24. The van der Waals surface area contributed by atoms with Crippen LogP contribution in [0.15, 0.2) is 53.3 Å². The third-order valence-electron chi connectivity index (χ3n) is 4.86. The molecule has 3 aliphatic rings. The predicted molar refractivity (Wildman–Crippen MR) is 103 cm³/mol. The minimum Gasteiger partial charge on any atom is -0.490 e. The van der Waals surface area contributed by atoms with Gasteiger partial charge in [0.2, 0.25) is 0 Å². The van der Waals surface area contributed by atoms with Gasteiger partial charge in [-0.05, 0) is 30.4 Å². The summed E-state index contributed by atoms with van der Waals surface area (Å²) in [6.07, 6.45) is 8.19. The molecule has 27 heavy (non-hydrogen) atoms. The minimum absolute atomic E-state index is 0.0568. The van der Waals surface area contributed by atoms with Gasteiger partial charge in [0, 0.05) is 50.6 Å². The number of fused-ring (bicyclic) bond motifs is 1. The van der Waals surface area contributed by atoms with Crippen molar-refractivity contribution < 1.29 is 9.66 Å². The molecule has 0 aliphatic carbocycles. The molecule has 0 atom stereocenters. The average molecular weight is 367 g/mol. The highest BCUT2D eigenvalue weighted by molar-refractivity contribution is 6.00. The summed E-state index contributed by atoms with van der Waals surface area (Å²) >= 11 is 0. The summed E-state index contributed by atoms with van der Waals surface area (Å²) in [6, 6.07) is 4.92. The summed E-state index contributed by atoms with van der Waals surface area (Å²) in [5.74, 6) is 1.08. The van der Waals surface area contributed by atoms with E-state index in [-0.39, 0.29) is 11.4 Å². The van der Waals surface area contributed by atoms with Crippen molar-refractivity contribution >= 4 is 17.2 Å². The SMILES string of the molecule is COc1ccc(C2=CCN3C=C(N4CCNCC4)C=CC3=N2)cc1[N+](=O)[O-]. The van der Waals surface area contributed by atoms with Crippen molar-refractivity contribution in [3.63, 3.8) is 0 Å². The molecule has 0 unspecified atom stereocenters. The van der Waals surface area contributed by atoms with Gasteiger partial charge in [-0.25, -0.2) is 4.99 Å². The highest BCUT2D eigenvalue weighted by atomic mass is 16.6. The molecular weight excluding hydrogens is 346 g/mol. The molecule has 0 saturated carbocycles. The van der Waals surface area contributed by atoms with E-state index in [1.54, 1.807) is 12.1 Å². The Balaban J connectivity index is 1.56. The monoisotopic (exact) mass is 367 g/mol. The van der Waals surface area contributed by atoms with Gasteiger partial charge >= 0.3 is 5.69 Å². The highest BCUT2D eigenvalue weighted by Gasteiger charge is 2.22. The zero-order chi connectivity index (χ0) is 18.8. The van der Waals surface area contributed by atoms with Crippen molar-refractivity contribution in [3.8, 4) is 5.75 Å². The summed E-state index contributed by atoms with van der Waals surface area (Å²) in [5, 5.41) is 14.6. The van der Waals surface area contributed by atoms with Crippen molar-refractivity contribution in [2.75, 3.05) is 39.8 Å². The van der Waals surface area contributed by atoms with Crippen LogP contribution >= 0.6 is 0 Å². The van der Waals surface area contributed by atoms with Crippen LogP contribution in [0, 0.1) is 10.1 Å². The number of benzene rings is 1. The number of allylic oxidation sites excluding steroid dienone is 1. The van der Waals surface area contributed by atoms with Crippen molar-refractivity contribution in [2.45, 2.75) is 0 Å². The molecule has 0 bridgehead atoms. The number of amidine groups is 1. The maximum atomic E-state index is 11.3. The summed E-state index contributed by atoms with van der Waals surface area (Å²) in [5.41, 5.74) is 2.57. The zero-order valence-corrected chi connectivity index (χ0v) is 15.1. The fraction of sp³-hybridized carbons (Fsp3) is 0.316. The molecule has 3 aliphatic heterocycles. The Bertz CT molecular complexity index is 881. The Morgan fingerprint density at radius 3 is 2.81 bits per heavy atom. The maximum Gasteiger partial charge on any atom is 0.311 e. The molecule has 8 heteroatoms. The first-order valence-corrected chi connectivity index (χ1v) is 8.89. The van der Waals surface area contributed by atoms with E-state index >= 15 is 0 Å². The largest absolute Gasteiger partial charge is 0.490 e. The van der Waals surface area contributed by atoms with E-state index in [1.807, 2.05) is 12.2 Å². The first kappa shape index (κ1) is 17.3. The molecule has 0 aromatic heterocycles. The number of nitro benzene ring substituents is 1. The van der Waals surface area contributed by atoms with Crippen LogP contribution < -0.4 is 10.1 Å². The Labute approximate surface area is 157 Å². The first-order chi connectivity index (χ1) is 13.2. The Morgan fingerprint density at radius 2 is 2.07 bits per heavy atom. The molecule has 0 radical (unpaired) electrons. The van der Waals surface area contributed by atoms with Crippen LogP contribution in [0.1, 0.15) is 5.56 Å². The molecule has 1 fully saturated rings. The fourth-order valence-corrected chi connectivity index (χ4v) is 3.41. The number of ether oxygens (including phenoxy) is 1. The number of hydrogen-bond acceptors (Lipinski definition) is 7. The number of nitrogens with one attached hydrogen (secondary N) is 1. The molecule has 4 rings (SSSR count). The number of rotatable bonds is 4. The number of nitro groups is 1. The number of piperazine rings is 1. The van der Waals surface area contributed by atoms with Gasteiger partial charge in [0.15, 0.2) is 5.75 Å². The van der Waals surface area contributed by atoms with Crippen LogP contribution in [0.3, 0.4) is 0 Å². The Hall–Kier alpha value is -3.13. The van der Waals surface area contributed by atoms with Crippen molar-refractivity contribution in [1.29, 1.82) is 0 Å². The van der Waals surface area contributed by atoms with Crippen molar-refractivity contribution in [2.24, 2.45) is 4.99 Å². The lowest BCUT2D eigenvalue weighted by Crippen LogP contribution is -2.44. The van der Waals surface area contributed by atoms with Gasteiger partial charge in [0.25, 0.3) is 0 Å². The van der Waals surface area contributed by atoms with Crippen LogP contribution in [-0.2, 0) is 0 Å². The van der Waals surface area contributed by atoms with E-state index < -0.39 is 4.92 Å². The second-order valence-electron chi connectivity index (χ2n) is 6.48. The highest BCUT2D eigenvalue weighted by Crippen LogP contribution is 2.32. The van der Waals surface area contributed by atoms with E-state index in [4.69, 9.17) is 4.74 Å². The third kappa shape index (κ3) is 3.43. The molecule has 8 nitrogen and oxygen atoms in total. The quantitative estimate of drug-likeness (QED) is 0.647. The average Bonchev–Trinajstić information content (AvgIpc) is 2.73. The van der Waals surface area contributed by atoms with E-state index in [1.165, 1.54) is 18.9 Å². The van der Waals surface area contributed by atoms with Crippen LogP contribution in [0.5, 0.6) is 5.75 Å². The van der Waals surface area contributed by atoms with Crippen LogP contribution in [0.4, 0.5) is 5.69 Å². The van der Waals surface area contributed by atoms with Gasteiger partial charge in [0.05, 0.1) is 23.4 Å². The second-order valence-corrected chi connectivity index (χ2v) is 6.48. The van der Waals surface area contributed by atoms with Gasteiger partial charge in [-0.15, -0.1) is 0 Å². The smallest absolute Gasteiger partial charge is 0.311 e. The number of methoxy groups -OCH3 is 1. The van der Waals surface area contributed by atoms with Gasteiger partial charge in [-0.1, -0.05) is 0 Å². The molecule has 3 heterocycles. The summed E-state index contributed by atoms with van der Waals surface area (Å²) < 4.78 is 5.07. The fourth-order valence-electron chi connectivity index (χ4n) is 3.41. The lowest BCUT2D eigenvalue weighted by atomic mass is 10.1. The van der Waals surface area contributed by atoms with E-state index in [0.717, 1.165) is 37.7 Å². The molecular formula is C19H21N5O3. The van der Waals surface area contributed by atoms with Gasteiger partial charge in [-0.3, -0.25) is 10.1 Å². The predicted octanol–water partition coefficient (Wildman–Crippen LogP) is 1.97. The number of nitrogens with zero attached hydrogens (tertiary/aromatic N) is 4. The molecule has 0 amide bonds. The molecule has 140 valence electrons. The summed E-state index contributed by atoms with van der Waals surface area (Å²) in [6.45, 7) is 4.65. The van der Waals surface area contributed by atoms with Crippen molar-refractivity contribution in [3.05, 3.63) is 64.0 Å². The van der Waals surface area contributed by atoms with Crippen LogP contribution in [0.25, 0.3) is 5.70 Å². The molecule has 1 aromatic carbocycles. The normalized spacial score (nSPS) is 19.1. The Morgan fingerprint density at radius 1 is 1.26 bits per heavy atom. The summed E-state index contributed by atoms with van der Waals surface area (Å²) in [4.78, 5) is 20.0. The lowest BCUT2D eigenvalue weighted by Gasteiger charge is -2.34. The number of aliphatic imine (C=N–C) groups is 1. The Kier molecular flexibility index (Phi) is 4.64. The van der Waals surface area contributed by atoms with Crippen LogP contribution in [0.2, 0.25) is 0 Å². The molecule has 1 aromatic rings. The van der Waals surface area contributed by atoms with Crippen LogP contribution in [-0.4, -0.2) is 60.4 Å². The zero-order valence-electron chi connectivity index (χ0n) is 15.1. The van der Waals surface area contributed by atoms with Gasteiger partial charge in [0.1, 0.15) is 5.84 Å². The summed E-state index contributed by atoms with van der Waals surface area (Å²) in [7, 11) is 1.43. The molecule has 0 spiro atoms. The van der Waals surface area contributed by atoms with Gasteiger partial charge in [-0.2, -0.15) is 0 Å².